The summed E-state index contributed by atoms with van der Waals surface area (Å²) in [5.41, 5.74) is 1.19. The number of amides is 1. The molecule has 2 aliphatic rings. The van der Waals surface area contributed by atoms with Gasteiger partial charge in [-0.15, -0.1) is 11.3 Å². The van der Waals surface area contributed by atoms with Crippen LogP contribution in [0.5, 0.6) is 5.75 Å². The van der Waals surface area contributed by atoms with E-state index in [0.717, 1.165) is 67.3 Å². The van der Waals surface area contributed by atoms with Gasteiger partial charge in [-0.3, -0.25) is 9.69 Å². The van der Waals surface area contributed by atoms with Crippen molar-refractivity contribution >= 4 is 33.3 Å². The van der Waals surface area contributed by atoms with Crippen LogP contribution in [0.4, 0.5) is 5.82 Å². The maximum atomic E-state index is 13.1. The summed E-state index contributed by atoms with van der Waals surface area (Å²) in [6.07, 6.45) is 3.73. The molecule has 8 heteroatoms. The van der Waals surface area contributed by atoms with E-state index in [-0.39, 0.29) is 11.9 Å². The maximum Gasteiger partial charge on any atom is 0.237 e. The highest BCUT2D eigenvalue weighted by Crippen LogP contribution is 2.33. The van der Waals surface area contributed by atoms with E-state index >= 15 is 0 Å². The second-order valence-electron chi connectivity index (χ2n) is 8.12. The SMILES string of the molecule is COc1ccc(C2CCCN2C(=O)CN2CCN(c3ncnc4sccc34)CC2)cc1. The van der Waals surface area contributed by atoms with Crippen molar-refractivity contribution in [1.82, 2.24) is 19.8 Å². The van der Waals surface area contributed by atoms with Crippen LogP contribution in [0.1, 0.15) is 24.4 Å². The maximum absolute atomic E-state index is 13.1. The van der Waals surface area contributed by atoms with Crippen LogP contribution < -0.4 is 9.64 Å². The fourth-order valence-electron chi connectivity index (χ4n) is 4.67. The highest BCUT2D eigenvalue weighted by Gasteiger charge is 2.31. The molecule has 0 spiro atoms. The first-order valence-electron chi connectivity index (χ1n) is 10.8. The number of benzene rings is 1. The van der Waals surface area contributed by atoms with E-state index in [9.17, 15) is 4.79 Å². The summed E-state index contributed by atoms with van der Waals surface area (Å²) in [7, 11) is 1.67. The Kier molecular flexibility index (Phi) is 5.74. The average molecular weight is 438 g/mol. The summed E-state index contributed by atoms with van der Waals surface area (Å²) in [5, 5.41) is 3.18. The standard InChI is InChI=1S/C23H27N5O2S/c1-30-18-6-4-17(5-7-18)20-3-2-9-28(20)21(29)15-26-10-12-27(13-11-26)22-19-8-14-31-23(19)25-16-24-22/h4-8,14,16,20H,2-3,9-13,15H2,1H3. The molecule has 2 aromatic heterocycles. The fourth-order valence-corrected chi connectivity index (χ4v) is 5.39. The van der Waals surface area contributed by atoms with Gasteiger partial charge < -0.3 is 14.5 Å². The van der Waals surface area contributed by atoms with E-state index in [1.54, 1.807) is 24.8 Å². The number of fused-ring (bicyclic) bond motifs is 1. The van der Waals surface area contributed by atoms with Crippen molar-refractivity contribution < 1.29 is 9.53 Å². The molecule has 0 saturated carbocycles. The Morgan fingerprint density at radius 1 is 1.10 bits per heavy atom. The number of likely N-dealkylation sites (tertiary alicyclic amines) is 1. The van der Waals surface area contributed by atoms with Crippen molar-refractivity contribution in [2.45, 2.75) is 18.9 Å². The Morgan fingerprint density at radius 3 is 2.68 bits per heavy atom. The van der Waals surface area contributed by atoms with Crippen LogP contribution in [-0.2, 0) is 4.79 Å². The summed E-state index contributed by atoms with van der Waals surface area (Å²) in [6.45, 7) is 4.80. The monoisotopic (exact) mass is 437 g/mol. The lowest BCUT2D eigenvalue weighted by Crippen LogP contribution is -2.50. The predicted octanol–water partition coefficient (Wildman–Crippen LogP) is 3.19. The van der Waals surface area contributed by atoms with Crippen molar-refractivity contribution in [2.24, 2.45) is 0 Å². The van der Waals surface area contributed by atoms with Crippen molar-refractivity contribution in [3.05, 3.63) is 47.6 Å². The molecule has 7 nitrogen and oxygen atoms in total. The molecule has 1 aromatic carbocycles. The summed E-state index contributed by atoms with van der Waals surface area (Å²) in [4.78, 5) is 29.7. The van der Waals surface area contributed by atoms with Crippen molar-refractivity contribution in [2.75, 3.05) is 51.3 Å². The van der Waals surface area contributed by atoms with Gasteiger partial charge in [0.1, 0.15) is 22.7 Å². The average Bonchev–Trinajstić information content (AvgIpc) is 3.49. The van der Waals surface area contributed by atoms with Gasteiger partial charge in [-0.25, -0.2) is 9.97 Å². The molecule has 1 unspecified atom stereocenters. The second kappa shape index (κ2) is 8.80. The molecule has 3 aromatic rings. The summed E-state index contributed by atoms with van der Waals surface area (Å²) < 4.78 is 5.27. The number of methoxy groups -OCH3 is 1. The zero-order chi connectivity index (χ0) is 21.2. The lowest BCUT2D eigenvalue weighted by molar-refractivity contribution is -0.133. The number of piperazine rings is 1. The van der Waals surface area contributed by atoms with E-state index in [1.165, 1.54) is 5.56 Å². The van der Waals surface area contributed by atoms with Gasteiger partial charge >= 0.3 is 0 Å². The highest BCUT2D eigenvalue weighted by atomic mass is 32.1. The molecule has 0 N–H and O–H groups in total. The van der Waals surface area contributed by atoms with Crippen LogP contribution >= 0.6 is 11.3 Å². The smallest absolute Gasteiger partial charge is 0.237 e. The lowest BCUT2D eigenvalue weighted by Gasteiger charge is -2.36. The number of hydrogen-bond acceptors (Lipinski definition) is 7. The van der Waals surface area contributed by atoms with Crippen LogP contribution in [0.25, 0.3) is 10.2 Å². The van der Waals surface area contributed by atoms with Crippen molar-refractivity contribution in [3.63, 3.8) is 0 Å². The topological polar surface area (TPSA) is 61.8 Å². The quantitative estimate of drug-likeness (QED) is 0.611. The highest BCUT2D eigenvalue weighted by molar-refractivity contribution is 7.16. The molecule has 2 fully saturated rings. The van der Waals surface area contributed by atoms with Gasteiger partial charge in [0.15, 0.2) is 0 Å². The number of ether oxygens (including phenoxy) is 1. The van der Waals surface area contributed by atoms with Crippen LogP contribution in [0.2, 0.25) is 0 Å². The molecule has 0 bridgehead atoms. The molecule has 0 aliphatic carbocycles. The lowest BCUT2D eigenvalue weighted by atomic mass is 10.0. The second-order valence-corrected chi connectivity index (χ2v) is 9.01. The molecule has 0 radical (unpaired) electrons. The molecule has 1 atom stereocenters. The Labute approximate surface area is 186 Å². The third-order valence-electron chi connectivity index (χ3n) is 6.35. The molecular formula is C23H27N5O2S. The first kappa shape index (κ1) is 20.2. The normalized spacial score (nSPS) is 19.8. The number of rotatable bonds is 5. The van der Waals surface area contributed by atoms with E-state index < -0.39 is 0 Å². The number of thiophene rings is 1. The Bertz CT molecular complexity index is 1050. The van der Waals surface area contributed by atoms with Crippen LogP contribution in [0, 0.1) is 0 Å². The first-order valence-corrected chi connectivity index (χ1v) is 11.7. The van der Waals surface area contributed by atoms with Gasteiger partial charge in [0.05, 0.1) is 25.1 Å². The van der Waals surface area contributed by atoms with Gasteiger partial charge in [-0.1, -0.05) is 12.1 Å². The third-order valence-corrected chi connectivity index (χ3v) is 7.17. The minimum absolute atomic E-state index is 0.174. The molecule has 31 heavy (non-hydrogen) atoms. The minimum atomic E-state index is 0.174. The number of anilines is 1. The first-order chi connectivity index (χ1) is 15.2. The molecule has 5 rings (SSSR count). The zero-order valence-corrected chi connectivity index (χ0v) is 18.6. The number of aromatic nitrogens is 2. The van der Waals surface area contributed by atoms with Crippen molar-refractivity contribution in [3.8, 4) is 5.75 Å². The number of carbonyl (C=O) groups excluding carboxylic acids is 1. The Hall–Kier alpha value is -2.71. The summed E-state index contributed by atoms with van der Waals surface area (Å²) >= 11 is 1.64. The van der Waals surface area contributed by atoms with Crippen LogP contribution in [0.3, 0.4) is 0 Å². The van der Waals surface area contributed by atoms with Crippen molar-refractivity contribution in [1.29, 1.82) is 0 Å². The Morgan fingerprint density at radius 2 is 1.90 bits per heavy atom. The predicted molar refractivity (Wildman–Crippen MR) is 123 cm³/mol. The molecule has 2 saturated heterocycles. The van der Waals surface area contributed by atoms with E-state index in [1.807, 2.05) is 12.1 Å². The number of nitrogens with zero attached hydrogens (tertiary/aromatic N) is 5. The molecule has 162 valence electrons. The van der Waals surface area contributed by atoms with E-state index in [0.29, 0.717) is 6.54 Å². The van der Waals surface area contributed by atoms with E-state index in [2.05, 4.69) is 48.2 Å². The fraction of sp³-hybridized carbons (Fsp3) is 0.435. The van der Waals surface area contributed by atoms with Gasteiger partial charge in [0, 0.05) is 32.7 Å². The molecule has 2 aliphatic heterocycles. The third kappa shape index (κ3) is 4.09. The minimum Gasteiger partial charge on any atom is -0.497 e. The number of hydrogen-bond donors (Lipinski definition) is 0. The van der Waals surface area contributed by atoms with Gasteiger partial charge in [-0.2, -0.15) is 0 Å². The number of carbonyl (C=O) groups is 1. The molecular weight excluding hydrogens is 410 g/mol. The molecule has 4 heterocycles. The Balaban J connectivity index is 1.20. The molecule has 1 amide bonds. The largest absolute Gasteiger partial charge is 0.497 e. The van der Waals surface area contributed by atoms with Gasteiger partial charge in [0.25, 0.3) is 0 Å². The zero-order valence-electron chi connectivity index (χ0n) is 17.7. The van der Waals surface area contributed by atoms with E-state index in [4.69, 9.17) is 4.74 Å². The van der Waals surface area contributed by atoms with Gasteiger partial charge in [0.2, 0.25) is 5.91 Å². The summed E-state index contributed by atoms with van der Waals surface area (Å²) in [5.74, 6) is 2.09. The van der Waals surface area contributed by atoms with Gasteiger partial charge in [-0.05, 0) is 42.0 Å². The van der Waals surface area contributed by atoms with Crippen LogP contribution in [-0.4, -0.2) is 72.1 Å². The summed E-state index contributed by atoms with van der Waals surface area (Å²) in [6, 6.07) is 10.4. The van der Waals surface area contributed by atoms with Crippen LogP contribution in [0.15, 0.2) is 42.0 Å².